The van der Waals surface area contributed by atoms with Crippen LogP contribution in [0.3, 0.4) is 0 Å². The second-order valence-electron chi connectivity index (χ2n) is 13.2. The predicted octanol–water partition coefficient (Wildman–Crippen LogP) is 6.02. The van der Waals surface area contributed by atoms with E-state index < -0.39 is 58.9 Å². The fourth-order valence-corrected chi connectivity index (χ4v) is 7.87. The van der Waals surface area contributed by atoms with E-state index in [0.29, 0.717) is 22.4 Å². The van der Waals surface area contributed by atoms with Crippen LogP contribution < -0.4 is 4.90 Å². The van der Waals surface area contributed by atoms with Gasteiger partial charge in [0, 0.05) is 12.1 Å². The van der Waals surface area contributed by atoms with Crippen molar-refractivity contribution in [3.63, 3.8) is 0 Å². The van der Waals surface area contributed by atoms with Crippen LogP contribution in [0.25, 0.3) is 0 Å². The van der Waals surface area contributed by atoms with Gasteiger partial charge < -0.3 is 23.8 Å². The highest BCUT2D eigenvalue weighted by molar-refractivity contribution is 6.15. The van der Waals surface area contributed by atoms with Crippen LogP contribution in [0.2, 0.25) is 0 Å². The van der Waals surface area contributed by atoms with Gasteiger partial charge in [-0.25, -0.2) is 0 Å². The molecule has 52 heavy (non-hydrogen) atoms. The first kappa shape index (κ1) is 36.0. The first-order valence-electron chi connectivity index (χ1n) is 17.3. The molecule has 6 rings (SSSR count). The highest BCUT2D eigenvalue weighted by Crippen LogP contribution is 2.66. The molecule has 10 heteroatoms. The standard InChI is InChI=1S/C42H41NO9/c1-4-50-37(45)36-41(39(47)51-26-30-16-10-6-11-17-30,40(48)52-27-31-18-12-7-13-19-31)24-32(23-35(44)49-3)42(36)33-21-20-28(2)22-34(33)43(38(42)46)25-29-14-8-5-9-15-29/h5-22,32,36H,4,23-27H2,1-3H3/t32-,36+,42-/m0/s1. The second-order valence-corrected chi connectivity index (χ2v) is 13.2. The van der Waals surface area contributed by atoms with Gasteiger partial charge in [-0.1, -0.05) is 103 Å². The lowest BCUT2D eigenvalue weighted by molar-refractivity contribution is -0.185. The van der Waals surface area contributed by atoms with Gasteiger partial charge in [0.15, 0.2) is 5.41 Å². The summed E-state index contributed by atoms with van der Waals surface area (Å²) in [7, 11) is 1.22. The van der Waals surface area contributed by atoms with Crippen LogP contribution >= 0.6 is 0 Å². The first-order valence-corrected chi connectivity index (χ1v) is 17.3. The van der Waals surface area contributed by atoms with Crippen molar-refractivity contribution in [1.29, 1.82) is 0 Å². The highest BCUT2D eigenvalue weighted by atomic mass is 16.6. The number of carbonyl (C=O) groups is 5. The average Bonchev–Trinajstić information content (AvgIpc) is 3.59. The van der Waals surface area contributed by atoms with Crippen LogP contribution in [0.15, 0.2) is 109 Å². The van der Waals surface area contributed by atoms with Crippen molar-refractivity contribution >= 4 is 35.5 Å². The largest absolute Gasteiger partial charge is 0.469 e. The van der Waals surface area contributed by atoms with E-state index in [1.807, 2.05) is 55.5 Å². The van der Waals surface area contributed by atoms with Crippen molar-refractivity contribution in [1.82, 2.24) is 0 Å². The molecule has 0 N–H and O–H groups in total. The van der Waals surface area contributed by atoms with E-state index in [0.717, 1.165) is 11.1 Å². The summed E-state index contributed by atoms with van der Waals surface area (Å²) in [5, 5.41) is 0. The number of methoxy groups -OCH3 is 1. The molecule has 268 valence electrons. The fourth-order valence-electron chi connectivity index (χ4n) is 7.87. The van der Waals surface area contributed by atoms with E-state index in [1.54, 1.807) is 72.5 Å². The molecule has 1 amide bonds. The topological polar surface area (TPSA) is 126 Å². The smallest absolute Gasteiger partial charge is 0.324 e. The molecule has 1 saturated carbocycles. The minimum atomic E-state index is -2.39. The minimum absolute atomic E-state index is 0.107. The quantitative estimate of drug-likeness (QED) is 0.0990. The number of hydrogen-bond donors (Lipinski definition) is 0. The van der Waals surface area contributed by atoms with Gasteiger partial charge in [0.25, 0.3) is 0 Å². The maximum Gasteiger partial charge on any atom is 0.324 e. The summed E-state index contributed by atoms with van der Waals surface area (Å²) in [6, 6.07) is 32.5. The van der Waals surface area contributed by atoms with Crippen LogP contribution in [0.1, 0.15) is 47.6 Å². The molecule has 4 aromatic rings. The Morgan fingerprint density at radius 1 is 0.750 bits per heavy atom. The summed E-state index contributed by atoms with van der Waals surface area (Å²) in [6.07, 6.45) is -0.810. The van der Waals surface area contributed by atoms with Crippen LogP contribution in [-0.2, 0) is 68.1 Å². The Morgan fingerprint density at radius 3 is 1.81 bits per heavy atom. The Morgan fingerprint density at radius 2 is 1.29 bits per heavy atom. The SMILES string of the molecule is CCOC(=O)[C@@H]1C(C(=O)OCc2ccccc2)(C(=O)OCc2ccccc2)C[C@H](CC(=O)OC)[C@@]12C(=O)N(Cc1ccccc1)c1cc(C)ccc12. The Bertz CT molecular complexity index is 1890. The van der Waals surface area contributed by atoms with Gasteiger partial charge >= 0.3 is 23.9 Å². The third-order valence-corrected chi connectivity index (χ3v) is 10.1. The third-order valence-electron chi connectivity index (χ3n) is 10.1. The van der Waals surface area contributed by atoms with Crippen molar-refractivity contribution in [2.75, 3.05) is 18.6 Å². The van der Waals surface area contributed by atoms with Crippen molar-refractivity contribution in [2.45, 2.75) is 51.9 Å². The number of rotatable bonds is 12. The molecule has 3 atom stereocenters. The van der Waals surface area contributed by atoms with Crippen molar-refractivity contribution in [3.05, 3.63) is 137 Å². The molecule has 1 fully saturated rings. The van der Waals surface area contributed by atoms with E-state index in [2.05, 4.69) is 0 Å². The molecule has 0 bridgehead atoms. The summed E-state index contributed by atoms with van der Waals surface area (Å²) in [4.78, 5) is 74.5. The molecule has 10 nitrogen and oxygen atoms in total. The monoisotopic (exact) mass is 703 g/mol. The number of amides is 1. The van der Waals surface area contributed by atoms with Gasteiger partial charge in [-0.05, 0) is 60.1 Å². The van der Waals surface area contributed by atoms with Gasteiger partial charge in [0.1, 0.15) is 19.1 Å². The molecule has 4 aromatic carbocycles. The van der Waals surface area contributed by atoms with Gasteiger partial charge in [-0.3, -0.25) is 24.0 Å². The molecule has 0 aromatic heterocycles. The zero-order valence-electron chi connectivity index (χ0n) is 29.4. The van der Waals surface area contributed by atoms with E-state index in [4.69, 9.17) is 18.9 Å². The van der Waals surface area contributed by atoms with Gasteiger partial charge in [-0.15, -0.1) is 0 Å². The van der Waals surface area contributed by atoms with Crippen LogP contribution in [0.4, 0.5) is 5.69 Å². The number of anilines is 1. The van der Waals surface area contributed by atoms with Gasteiger partial charge in [0.2, 0.25) is 5.91 Å². The number of esters is 4. The molecule has 2 aliphatic rings. The summed E-state index contributed by atoms with van der Waals surface area (Å²) in [6.45, 7) is 3.06. The molecule has 1 spiro atoms. The van der Waals surface area contributed by atoms with Crippen LogP contribution in [0, 0.1) is 24.2 Å². The number of ether oxygens (including phenoxy) is 4. The van der Waals surface area contributed by atoms with E-state index >= 15 is 4.79 Å². The summed E-state index contributed by atoms with van der Waals surface area (Å²) in [5.74, 6) is -7.14. The van der Waals surface area contributed by atoms with E-state index in [1.165, 1.54) is 7.11 Å². The molecular formula is C42H41NO9. The molecule has 1 aliphatic heterocycles. The first-order chi connectivity index (χ1) is 25.2. The predicted molar refractivity (Wildman–Crippen MR) is 190 cm³/mol. The van der Waals surface area contributed by atoms with Gasteiger partial charge in [-0.2, -0.15) is 0 Å². The Labute approximate surface area is 302 Å². The Balaban J connectivity index is 1.57. The third kappa shape index (κ3) is 6.45. The molecular weight excluding hydrogens is 662 g/mol. The minimum Gasteiger partial charge on any atom is -0.469 e. The van der Waals surface area contributed by atoms with E-state index in [9.17, 15) is 19.2 Å². The van der Waals surface area contributed by atoms with Crippen molar-refractivity contribution in [3.8, 4) is 0 Å². The summed E-state index contributed by atoms with van der Waals surface area (Å²) in [5.41, 5.74) is -0.475. The fraction of sp³-hybridized carbons (Fsp3) is 0.310. The molecule has 0 unspecified atom stereocenters. The summed E-state index contributed by atoms with van der Waals surface area (Å²) < 4.78 is 22.6. The lowest BCUT2D eigenvalue weighted by Crippen LogP contribution is -2.56. The van der Waals surface area contributed by atoms with Gasteiger partial charge in [0.05, 0.1) is 25.7 Å². The van der Waals surface area contributed by atoms with Crippen molar-refractivity contribution < 1.29 is 42.9 Å². The number of benzene rings is 4. The van der Waals surface area contributed by atoms with Crippen molar-refractivity contribution in [2.24, 2.45) is 17.3 Å². The number of aryl methyl sites for hydroxylation is 1. The average molecular weight is 704 g/mol. The maximum atomic E-state index is 15.5. The number of nitrogens with zero attached hydrogens (tertiary/aromatic N) is 1. The maximum absolute atomic E-state index is 15.5. The number of carbonyl (C=O) groups excluding carboxylic acids is 5. The lowest BCUT2D eigenvalue weighted by Gasteiger charge is -2.37. The zero-order valence-corrected chi connectivity index (χ0v) is 29.4. The highest BCUT2D eigenvalue weighted by Gasteiger charge is 2.78. The van der Waals surface area contributed by atoms with Crippen LogP contribution in [0.5, 0.6) is 0 Å². The summed E-state index contributed by atoms with van der Waals surface area (Å²) >= 11 is 0. The Hall–Kier alpha value is -5.77. The lowest BCUT2D eigenvalue weighted by atomic mass is 9.63. The second kappa shape index (κ2) is 15.2. The van der Waals surface area contributed by atoms with Crippen LogP contribution in [-0.4, -0.2) is 43.5 Å². The zero-order chi connectivity index (χ0) is 36.9. The molecule has 1 heterocycles. The number of hydrogen-bond acceptors (Lipinski definition) is 9. The number of fused-ring (bicyclic) bond motifs is 2. The molecule has 1 aliphatic carbocycles. The van der Waals surface area contributed by atoms with E-state index in [-0.39, 0.29) is 32.8 Å². The molecule has 0 saturated heterocycles. The Kier molecular flexibility index (Phi) is 10.6. The molecule has 0 radical (unpaired) electrons. The normalized spacial score (nSPS) is 19.9.